The molecule has 2 rings (SSSR count). The van der Waals surface area contributed by atoms with Gasteiger partial charge in [-0.25, -0.2) is 9.59 Å². The van der Waals surface area contributed by atoms with Crippen LogP contribution in [0.25, 0.3) is 9.40 Å². The van der Waals surface area contributed by atoms with Crippen LogP contribution in [0.4, 0.5) is 0 Å². The zero-order chi connectivity index (χ0) is 16.7. The van der Waals surface area contributed by atoms with Crippen molar-refractivity contribution in [2.75, 3.05) is 0 Å². The number of hydrogen-bond donors (Lipinski definition) is 0. The van der Waals surface area contributed by atoms with E-state index < -0.39 is 11.2 Å². The van der Waals surface area contributed by atoms with Gasteiger partial charge in [0.05, 0.1) is 9.58 Å². The highest BCUT2D eigenvalue weighted by atomic mass is 32.2. The van der Waals surface area contributed by atoms with Gasteiger partial charge in [0.15, 0.2) is 0 Å². The minimum absolute atomic E-state index is 0.365. The third-order valence-corrected chi connectivity index (χ3v) is 4.73. The van der Waals surface area contributed by atoms with Gasteiger partial charge < -0.3 is 9.47 Å². The Morgan fingerprint density at radius 3 is 2.05 bits per heavy atom. The number of ether oxygens (including phenoxy) is 2. The van der Waals surface area contributed by atoms with Crippen molar-refractivity contribution in [2.45, 2.75) is 52.7 Å². The molecule has 0 radical (unpaired) electrons. The van der Waals surface area contributed by atoms with E-state index in [1.54, 1.807) is 11.4 Å². The molecule has 0 fully saturated rings. The van der Waals surface area contributed by atoms with E-state index in [2.05, 4.69) is 0 Å². The minimum Gasteiger partial charge on any atom is -0.456 e. The first kappa shape index (κ1) is 17.0. The van der Waals surface area contributed by atoms with Crippen molar-refractivity contribution in [3.8, 4) is 0 Å². The molecule has 0 bridgehead atoms. The summed E-state index contributed by atoms with van der Waals surface area (Å²) in [5.41, 5.74) is -0.585. The molecule has 4 nitrogen and oxygen atoms in total. The summed E-state index contributed by atoms with van der Waals surface area (Å²) in [6.45, 7) is 11.0. The average Bonchev–Trinajstić information content (AvgIpc) is 2.81. The lowest BCUT2D eigenvalue weighted by Crippen LogP contribution is -2.23. The van der Waals surface area contributed by atoms with Crippen molar-refractivity contribution in [1.29, 1.82) is 0 Å². The molecule has 2 aromatic heterocycles. The number of carbonyl (C=O) groups excluding carboxylic acids is 2. The molecule has 2 aromatic rings. The van der Waals surface area contributed by atoms with Crippen molar-refractivity contribution >= 4 is 44.0 Å². The lowest BCUT2D eigenvalue weighted by atomic mass is 10.2. The van der Waals surface area contributed by atoms with Crippen molar-refractivity contribution in [2.24, 2.45) is 0 Å². The zero-order valence-electron chi connectivity index (χ0n) is 13.6. The number of fused-ring (bicyclic) bond motifs is 1. The lowest BCUT2D eigenvalue weighted by molar-refractivity contribution is 0.00594. The van der Waals surface area contributed by atoms with Crippen LogP contribution in [0.1, 0.15) is 61.6 Å². The number of hydrogen-bond acceptors (Lipinski definition) is 6. The SMILES string of the molecule is CC(C)(C)OC(=O)c1cc2c(C(=O)OC(C)(C)C)csc2s1. The Hall–Kier alpha value is -1.40. The summed E-state index contributed by atoms with van der Waals surface area (Å²) in [6.07, 6.45) is 0. The van der Waals surface area contributed by atoms with E-state index in [1.165, 1.54) is 22.7 Å². The van der Waals surface area contributed by atoms with Gasteiger partial charge in [-0.15, -0.1) is 22.7 Å². The standard InChI is InChI=1S/C16H20O4S2/c1-15(2,3)19-12(17)10-8-21-14-9(10)7-11(22-14)13(18)20-16(4,5)6/h7-8H,1-6H3. The second-order valence-corrected chi connectivity index (χ2v) is 9.16. The van der Waals surface area contributed by atoms with Crippen LogP contribution in [0.2, 0.25) is 0 Å². The maximum Gasteiger partial charge on any atom is 0.348 e. The molecule has 22 heavy (non-hydrogen) atoms. The number of rotatable bonds is 2. The van der Waals surface area contributed by atoms with Gasteiger partial charge in [-0.05, 0) is 47.6 Å². The van der Waals surface area contributed by atoms with Gasteiger partial charge in [0.2, 0.25) is 0 Å². The van der Waals surface area contributed by atoms with Gasteiger partial charge in [0.1, 0.15) is 16.1 Å². The van der Waals surface area contributed by atoms with Crippen LogP contribution in [0.15, 0.2) is 11.4 Å². The third-order valence-electron chi connectivity index (χ3n) is 2.49. The largest absolute Gasteiger partial charge is 0.456 e. The highest BCUT2D eigenvalue weighted by Gasteiger charge is 2.24. The first-order chi connectivity index (χ1) is 9.96. The lowest BCUT2D eigenvalue weighted by Gasteiger charge is -2.19. The monoisotopic (exact) mass is 340 g/mol. The third kappa shape index (κ3) is 4.08. The maximum absolute atomic E-state index is 12.2. The Labute approximate surface area is 138 Å². The number of esters is 2. The maximum atomic E-state index is 12.2. The fourth-order valence-corrected chi connectivity index (χ4v) is 3.88. The summed E-state index contributed by atoms with van der Waals surface area (Å²) in [7, 11) is 0. The predicted molar refractivity (Wildman–Crippen MR) is 90.0 cm³/mol. The first-order valence-electron chi connectivity index (χ1n) is 6.94. The molecule has 0 aliphatic carbocycles. The van der Waals surface area contributed by atoms with Crippen molar-refractivity contribution in [3.63, 3.8) is 0 Å². The summed E-state index contributed by atoms with van der Waals surface area (Å²) < 4.78 is 11.7. The molecule has 0 saturated carbocycles. The molecule has 0 amide bonds. The molecule has 0 saturated heterocycles. The molecular formula is C16H20O4S2. The van der Waals surface area contributed by atoms with Gasteiger partial charge in [-0.1, -0.05) is 0 Å². The molecule has 6 heteroatoms. The molecule has 2 heterocycles. The molecule has 0 atom stereocenters. The minimum atomic E-state index is -0.546. The van der Waals surface area contributed by atoms with Crippen molar-refractivity contribution in [3.05, 3.63) is 21.9 Å². The Balaban J connectivity index is 2.29. The molecule has 0 aromatic carbocycles. The van der Waals surface area contributed by atoms with Crippen LogP contribution in [0.3, 0.4) is 0 Å². The molecular weight excluding hydrogens is 320 g/mol. The van der Waals surface area contributed by atoms with Gasteiger partial charge in [0, 0.05) is 10.8 Å². The van der Waals surface area contributed by atoms with Gasteiger partial charge >= 0.3 is 11.9 Å². The molecule has 0 unspecified atom stereocenters. The Morgan fingerprint density at radius 1 is 0.955 bits per heavy atom. The summed E-state index contributed by atoms with van der Waals surface area (Å²) >= 11 is 2.77. The van der Waals surface area contributed by atoms with E-state index in [1.807, 2.05) is 41.5 Å². The quantitative estimate of drug-likeness (QED) is 0.732. The van der Waals surface area contributed by atoms with Crippen LogP contribution in [0.5, 0.6) is 0 Å². The van der Waals surface area contributed by atoms with Gasteiger partial charge in [-0.2, -0.15) is 0 Å². The van der Waals surface area contributed by atoms with Gasteiger partial charge in [0.25, 0.3) is 0 Å². The number of carbonyl (C=O) groups is 2. The van der Waals surface area contributed by atoms with Crippen molar-refractivity contribution in [1.82, 2.24) is 0 Å². The first-order valence-corrected chi connectivity index (χ1v) is 8.63. The van der Waals surface area contributed by atoms with E-state index in [9.17, 15) is 9.59 Å². The molecule has 0 N–H and O–H groups in total. The zero-order valence-corrected chi connectivity index (χ0v) is 15.2. The summed E-state index contributed by atoms with van der Waals surface area (Å²) in [4.78, 5) is 24.8. The van der Waals surface area contributed by atoms with E-state index in [0.717, 1.165) is 9.40 Å². The summed E-state index contributed by atoms with van der Waals surface area (Å²) in [5, 5.41) is 2.53. The predicted octanol–water partition coefficient (Wildman–Crippen LogP) is 4.87. The average molecular weight is 340 g/mol. The fraction of sp³-hybridized carbons (Fsp3) is 0.500. The number of thiophene rings is 2. The van der Waals surface area contributed by atoms with Crippen LogP contribution in [0, 0.1) is 0 Å². The second kappa shape index (κ2) is 5.66. The van der Waals surface area contributed by atoms with Crippen LogP contribution in [-0.4, -0.2) is 23.1 Å². The van der Waals surface area contributed by atoms with Crippen LogP contribution in [-0.2, 0) is 9.47 Å². The van der Waals surface area contributed by atoms with Crippen molar-refractivity contribution < 1.29 is 19.1 Å². The highest BCUT2D eigenvalue weighted by molar-refractivity contribution is 7.38. The smallest absolute Gasteiger partial charge is 0.348 e. The Morgan fingerprint density at radius 2 is 1.50 bits per heavy atom. The fourth-order valence-electron chi connectivity index (χ4n) is 1.75. The molecule has 120 valence electrons. The second-order valence-electron chi connectivity index (χ2n) is 6.96. The van der Waals surface area contributed by atoms with Gasteiger partial charge in [-0.3, -0.25) is 0 Å². The molecule has 0 aliphatic rings. The van der Waals surface area contributed by atoms with Crippen LogP contribution < -0.4 is 0 Å². The summed E-state index contributed by atoms with van der Waals surface area (Å²) in [5.74, 6) is -0.733. The Bertz CT molecular complexity index is 711. The van der Waals surface area contributed by atoms with E-state index >= 15 is 0 Å². The molecule has 0 aliphatic heterocycles. The normalized spacial score (nSPS) is 12.5. The van der Waals surface area contributed by atoms with E-state index in [4.69, 9.17) is 9.47 Å². The summed E-state index contributed by atoms with van der Waals surface area (Å²) in [6, 6.07) is 1.71. The Kier molecular flexibility index (Phi) is 4.37. The van der Waals surface area contributed by atoms with Crippen LogP contribution >= 0.6 is 22.7 Å². The van der Waals surface area contributed by atoms with E-state index in [0.29, 0.717) is 10.4 Å². The van der Waals surface area contributed by atoms with E-state index in [-0.39, 0.29) is 11.9 Å². The highest BCUT2D eigenvalue weighted by Crippen LogP contribution is 2.35. The molecule has 0 spiro atoms. The topological polar surface area (TPSA) is 52.6 Å².